The number of benzene rings is 1. The molecule has 0 radical (unpaired) electrons. The zero-order valence-electron chi connectivity index (χ0n) is 11.1. The lowest BCUT2D eigenvalue weighted by Gasteiger charge is -2.24. The highest BCUT2D eigenvalue weighted by Gasteiger charge is 2.20. The highest BCUT2D eigenvalue weighted by atomic mass is 16.4. The number of carbonyl (C=O) groups excluding carboxylic acids is 2. The molecule has 0 saturated heterocycles. The quantitative estimate of drug-likeness (QED) is 0.705. The molecule has 1 atom stereocenters. The monoisotopic (exact) mass is 279 g/mol. The van der Waals surface area contributed by atoms with E-state index in [1.54, 1.807) is 30.3 Å². The number of carboxylic acids is 1. The number of para-hydroxylation sites is 1. The Bertz CT molecular complexity index is 490. The maximum Gasteiger partial charge on any atom is 0.322 e. The molecule has 0 saturated carbocycles. The van der Waals surface area contributed by atoms with Crippen LogP contribution < -0.4 is 16.0 Å². The third-order valence-electron chi connectivity index (χ3n) is 2.63. The second kappa shape index (κ2) is 7.13. The van der Waals surface area contributed by atoms with Crippen LogP contribution in [0.1, 0.15) is 13.3 Å². The molecule has 7 heteroatoms. The van der Waals surface area contributed by atoms with Crippen molar-refractivity contribution in [2.45, 2.75) is 19.4 Å². The maximum atomic E-state index is 12.1. The van der Waals surface area contributed by atoms with Crippen molar-refractivity contribution in [1.82, 2.24) is 5.32 Å². The molecule has 7 nitrogen and oxygen atoms in total. The maximum absolute atomic E-state index is 12.1. The molecule has 0 aliphatic carbocycles. The third kappa shape index (κ3) is 4.60. The number of hydrogen-bond donors (Lipinski definition) is 3. The first-order valence-corrected chi connectivity index (χ1v) is 6.06. The van der Waals surface area contributed by atoms with E-state index in [-0.39, 0.29) is 13.0 Å². The van der Waals surface area contributed by atoms with Gasteiger partial charge in [-0.25, -0.2) is 4.79 Å². The largest absolute Gasteiger partial charge is 0.481 e. The van der Waals surface area contributed by atoms with Gasteiger partial charge in [-0.15, -0.1) is 0 Å². The Morgan fingerprint density at radius 1 is 1.30 bits per heavy atom. The molecular formula is C13H17N3O4. The van der Waals surface area contributed by atoms with Crippen LogP contribution in [0.2, 0.25) is 0 Å². The highest BCUT2D eigenvalue weighted by molar-refractivity contribution is 5.95. The van der Waals surface area contributed by atoms with Gasteiger partial charge in [0, 0.05) is 12.2 Å². The summed E-state index contributed by atoms with van der Waals surface area (Å²) >= 11 is 0. The van der Waals surface area contributed by atoms with Crippen LogP contribution in [0.5, 0.6) is 0 Å². The van der Waals surface area contributed by atoms with E-state index in [2.05, 4.69) is 5.32 Å². The number of nitrogens with two attached hydrogens (primary N) is 1. The fraction of sp³-hybridized carbons (Fsp3) is 0.308. The van der Waals surface area contributed by atoms with Gasteiger partial charge in [-0.1, -0.05) is 18.2 Å². The predicted octanol–water partition coefficient (Wildman–Crippen LogP) is 0.551. The lowest BCUT2D eigenvalue weighted by molar-refractivity contribution is -0.136. The van der Waals surface area contributed by atoms with Crippen LogP contribution in [0.4, 0.5) is 10.5 Å². The van der Waals surface area contributed by atoms with Crippen LogP contribution >= 0.6 is 0 Å². The molecule has 1 rings (SSSR count). The molecule has 1 aromatic carbocycles. The molecule has 0 aliphatic rings. The Morgan fingerprint density at radius 3 is 2.40 bits per heavy atom. The van der Waals surface area contributed by atoms with E-state index >= 15 is 0 Å². The number of hydrogen-bond acceptors (Lipinski definition) is 3. The van der Waals surface area contributed by atoms with Gasteiger partial charge in [0.2, 0.25) is 5.91 Å². The second-order valence-corrected chi connectivity index (χ2v) is 4.20. The van der Waals surface area contributed by atoms with E-state index in [0.29, 0.717) is 5.69 Å². The summed E-state index contributed by atoms with van der Waals surface area (Å²) in [7, 11) is 0. The van der Waals surface area contributed by atoms with Crippen molar-refractivity contribution in [3.8, 4) is 0 Å². The topological polar surface area (TPSA) is 113 Å². The summed E-state index contributed by atoms with van der Waals surface area (Å²) in [5.74, 6) is -1.67. The second-order valence-electron chi connectivity index (χ2n) is 4.20. The first-order chi connectivity index (χ1) is 9.41. The van der Waals surface area contributed by atoms with Gasteiger partial charge in [0.1, 0.15) is 6.04 Å². The molecule has 0 aromatic heterocycles. The molecule has 0 heterocycles. The van der Waals surface area contributed by atoms with Gasteiger partial charge in [-0.3, -0.25) is 14.5 Å². The summed E-state index contributed by atoms with van der Waals surface area (Å²) in [4.78, 5) is 35.0. The van der Waals surface area contributed by atoms with Gasteiger partial charge in [-0.2, -0.15) is 0 Å². The van der Waals surface area contributed by atoms with Crippen molar-refractivity contribution >= 4 is 23.6 Å². The minimum Gasteiger partial charge on any atom is -0.481 e. The number of urea groups is 1. The van der Waals surface area contributed by atoms with Gasteiger partial charge in [0.15, 0.2) is 0 Å². The fourth-order valence-corrected chi connectivity index (χ4v) is 1.50. The molecule has 0 fully saturated rings. The van der Waals surface area contributed by atoms with E-state index in [4.69, 9.17) is 10.8 Å². The number of aliphatic carboxylic acids is 1. The molecule has 1 aromatic rings. The number of amides is 3. The van der Waals surface area contributed by atoms with E-state index in [0.717, 1.165) is 0 Å². The molecule has 0 spiro atoms. The van der Waals surface area contributed by atoms with Crippen LogP contribution in [0.25, 0.3) is 0 Å². The zero-order valence-corrected chi connectivity index (χ0v) is 11.1. The average molecular weight is 279 g/mol. The van der Waals surface area contributed by atoms with Gasteiger partial charge in [-0.05, 0) is 19.1 Å². The average Bonchev–Trinajstić information content (AvgIpc) is 2.39. The van der Waals surface area contributed by atoms with Crippen molar-refractivity contribution in [3.05, 3.63) is 30.3 Å². The lowest BCUT2D eigenvalue weighted by atomic mass is 10.2. The van der Waals surface area contributed by atoms with Crippen LogP contribution in [-0.2, 0) is 9.59 Å². The van der Waals surface area contributed by atoms with Crippen LogP contribution in [0.15, 0.2) is 30.3 Å². The number of rotatable bonds is 6. The number of nitrogens with one attached hydrogen (secondary N) is 1. The number of primary amides is 1. The minimum atomic E-state index is -1.01. The molecule has 3 amide bonds. The SMILES string of the molecule is CC(NC(=O)N(CCC(=O)O)c1ccccc1)C(N)=O. The molecule has 1 unspecified atom stereocenters. The van der Waals surface area contributed by atoms with Crippen LogP contribution in [-0.4, -0.2) is 35.6 Å². The summed E-state index contributed by atoms with van der Waals surface area (Å²) in [6.07, 6.45) is -0.201. The fourth-order valence-electron chi connectivity index (χ4n) is 1.50. The Morgan fingerprint density at radius 2 is 1.90 bits per heavy atom. The van der Waals surface area contributed by atoms with Crippen molar-refractivity contribution in [1.29, 1.82) is 0 Å². The van der Waals surface area contributed by atoms with Crippen molar-refractivity contribution < 1.29 is 19.5 Å². The molecule has 108 valence electrons. The number of carbonyl (C=O) groups is 3. The molecule has 0 bridgehead atoms. The van der Waals surface area contributed by atoms with Crippen LogP contribution in [0, 0.1) is 0 Å². The van der Waals surface area contributed by atoms with E-state index < -0.39 is 23.9 Å². The summed E-state index contributed by atoms with van der Waals surface area (Å²) in [5.41, 5.74) is 5.62. The first kappa shape index (κ1) is 15.5. The summed E-state index contributed by atoms with van der Waals surface area (Å²) < 4.78 is 0. The Kier molecular flexibility index (Phi) is 5.52. The summed E-state index contributed by atoms with van der Waals surface area (Å²) in [6.45, 7) is 1.46. The Hall–Kier alpha value is -2.57. The molecule has 20 heavy (non-hydrogen) atoms. The minimum absolute atomic E-state index is 0.00331. The first-order valence-electron chi connectivity index (χ1n) is 6.06. The normalized spacial score (nSPS) is 11.4. The summed E-state index contributed by atoms with van der Waals surface area (Å²) in [6, 6.07) is 7.19. The number of anilines is 1. The highest BCUT2D eigenvalue weighted by Crippen LogP contribution is 2.14. The standard InChI is InChI=1S/C13H17N3O4/c1-9(12(14)19)15-13(20)16(8-7-11(17)18)10-5-3-2-4-6-10/h2-6,9H,7-8H2,1H3,(H2,14,19)(H,15,20)(H,17,18). The van der Waals surface area contributed by atoms with E-state index in [9.17, 15) is 14.4 Å². The molecule has 0 aliphatic heterocycles. The van der Waals surface area contributed by atoms with Crippen molar-refractivity contribution in [3.63, 3.8) is 0 Å². The van der Waals surface area contributed by atoms with E-state index in [1.165, 1.54) is 11.8 Å². The predicted molar refractivity (Wildman–Crippen MR) is 73.2 cm³/mol. The number of nitrogens with zero attached hydrogens (tertiary/aromatic N) is 1. The zero-order chi connectivity index (χ0) is 15.1. The van der Waals surface area contributed by atoms with Gasteiger partial charge in [0.25, 0.3) is 0 Å². The van der Waals surface area contributed by atoms with E-state index in [1.807, 2.05) is 0 Å². The lowest BCUT2D eigenvalue weighted by Crippen LogP contribution is -2.49. The molecule has 4 N–H and O–H groups in total. The van der Waals surface area contributed by atoms with Gasteiger partial charge < -0.3 is 16.2 Å². The van der Waals surface area contributed by atoms with Crippen molar-refractivity contribution in [2.24, 2.45) is 5.73 Å². The van der Waals surface area contributed by atoms with Gasteiger partial charge >= 0.3 is 12.0 Å². The smallest absolute Gasteiger partial charge is 0.322 e. The number of carboxylic acid groups (broad SMARTS) is 1. The Labute approximate surface area is 116 Å². The van der Waals surface area contributed by atoms with Gasteiger partial charge in [0.05, 0.1) is 6.42 Å². The Balaban J connectivity index is 2.84. The molecular weight excluding hydrogens is 262 g/mol. The van der Waals surface area contributed by atoms with Crippen LogP contribution in [0.3, 0.4) is 0 Å². The third-order valence-corrected chi connectivity index (χ3v) is 2.63. The summed E-state index contributed by atoms with van der Waals surface area (Å²) in [5, 5.41) is 11.1. The van der Waals surface area contributed by atoms with Crippen molar-refractivity contribution in [2.75, 3.05) is 11.4 Å².